The third-order valence-corrected chi connectivity index (χ3v) is 4.86. The number of thiazole rings is 1. The van der Waals surface area contributed by atoms with Crippen LogP contribution in [0.15, 0.2) is 22.9 Å². The highest BCUT2D eigenvalue weighted by atomic mass is 32.1. The normalized spacial score (nSPS) is 13.2. The Bertz CT molecular complexity index is 567. The number of carbonyl (C=O) groups is 1. The topological polar surface area (TPSA) is 42.0 Å². The van der Waals surface area contributed by atoms with Crippen LogP contribution in [0.25, 0.3) is 0 Å². The Labute approximate surface area is 128 Å². The summed E-state index contributed by atoms with van der Waals surface area (Å²) < 4.78 is 0. The molecule has 3 nitrogen and oxygen atoms in total. The predicted molar refractivity (Wildman–Crippen MR) is 85.4 cm³/mol. The van der Waals surface area contributed by atoms with Gasteiger partial charge in [0.2, 0.25) is 5.91 Å². The molecule has 2 heterocycles. The van der Waals surface area contributed by atoms with Gasteiger partial charge in [0.25, 0.3) is 0 Å². The molecule has 0 bridgehead atoms. The molecule has 1 amide bonds. The van der Waals surface area contributed by atoms with Gasteiger partial charge in [0.15, 0.2) is 0 Å². The molecule has 108 valence electrons. The van der Waals surface area contributed by atoms with E-state index in [1.165, 1.54) is 0 Å². The largest absolute Gasteiger partial charge is 0.347 e. The molecule has 0 radical (unpaired) electrons. The SMILES string of the molecule is CC(NC(=O)Cc1cccs1)c1nc(C(C)(C)C)cs1. The first kappa shape index (κ1) is 15.2. The van der Waals surface area contributed by atoms with Gasteiger partial charge >= 0.3 is 0 Å². The van der Waals surface area contributed by atoms with E-state index in [9.17, 15) is 4.79 Å². The highest BCUT2D eigenvalue weighted by Gasteiger charge is 2.20. The fraction of sp³-hybridized carbons (Fsp3) is 0.467. The van der Waals surface area contributed by atoms with E-state index in [1.807, 2.05) is 24.4 Å². The number of aromatic nitrogens is 1. The fourth-order valence-corrected chi connectivity index (χ4v) is 3.51. The zero-order valence-electron chi connectivity index (χ0n) is 12.3. The molecule has 1 N–H and O–H groups in total. The number of amides is 1. The molecule has 0 aliphatic rings. The summed E-state index contributed by atoms with van der Waals surface area (Å²) in [6, 6.07) is 3.91. The highest BCUT2D eigenvalue weighted by Crippen LogP contribution is 2.26. The van der Waals surface area contributed by atoms with Gasteiger partial charge in [-0.3, -0.25) is 4.79 Å². The Morgan fingerprint density at radius 2 is 2.15 bits per heavy atom. The summed E-state index contributed by atoms with van der Waals surface area (Å²) in [5, 5.41) is 8.05. The molecule has 0 aromatic carbocycles. The molecule has 0 aliphatic heterocycles. The number of carbonyl (C=O) groups excluding carboxylic acids is 1. The van der Waals surface area contributed by atoms with Gasteiger partial charge in [-0.1, -0.05) is 26.8 Å². The van der Waals surface area contributed by atoms with Gasteiger partial charge in [0.05, 0.1) is 18.2 Å². The molecule has 20 heavy (non-hydrogen) atoms. The van der Waals surface area contributed by atoms with Gasteiger partial charge in [-0.05, 0) is 18.4 Å². The Morgan fingerprint density at radius 1 is 1.40 bits per heavy atom. The average Bonchev–Trinajstić information content (AvgIpc) is 2.97. The first-order chi connectivity index (χ1) is 9.36. The summed E-state index contributed by atoms with van der Waals surface area (Å²) in [5.41, 5.74) is 1.13. The van der Waals surface area contributed by atoms with Gasteiger partial charge in [-0.25, -0.2) is 4.98 Å². The lowest BCUT2D eigenvalue weighted by Crippen LogP contribution is -2.28. The molecular weight excluding hydrogens is 288 g/mol. The van der Waals surface area contributed by atoms with Crippen LogP contribution in [0.4, 0.5) is 0 Å². The van der Waals surface area contributed by atoms with Crippen molar-refractivity contribution in [2.75, 3.05) is 0 Å². The number of hydrogen-bond acceptors (Lipinski definition) is 4. The second-order valence-electron chi connectivity index (χ2n) is 5.87. The van der Waals surface area contributed by atoms with Crippen LogP contribution in [0, 0.1) is 0 Å². The molecule has 0 aliphatic carbocycles. The Balaban J connectivity index is 1.96. The maximum Gasteiger partial charge on any atom is 0.225 e. The van der Waals surface area contributed by atoms with E-state index in [4.69, 9.17) is 0 Å². The Hall–Kier alpha value is -1.20. The van der Waals surface area contributed by atoms with E-state index in [0.29, 0.717) is 6.42 Å². The highest BCUT2D eigenvalue weighted by molar-refractivity contribution is 7.10. The van der Waals surface area contributed by atoms with E-state index < -0.39 is 0 Å². The van der Waals surface area contributed by atoms with Crippen LogP contribution >= 0.6 is 22.7 Å². The molecule has 1 atom stereocenters. The molecular formula is C15H20N2OS2. The third kappa shape index (κ3) is 3.90. The monoisotopic (exact) mass is 308 g/mol. The van der Waals surface area contributed by atoms with Crippen molar-refractivity contribution in [2.24, 2.45) is 0 Å². The lowest BCUT2D eigenvalue weighted by molar-refractivity contribution is -0.121. The van der Waals surface area contributed by atoms with E-state index in [2.05, 4.69) is 36.5 Å². The summed E-state index contributed by atoms with van der Waals surface area (Å²) in [7, 11) is 0. The number of nitrogens with one attached hydrogen (secondary N) is 1. The van der Waals surface area contributed by atoms with Crippen molar-refractivity contribution in [3.63, 3.8) is 0 Å². The lowest BCUT2D eigenvalue weighted by atomic mass is 9.93. The first-order valence-corrected chi connectivity index (χ1v) is 8.40. The quantitative estimate of drug-likeness (QED) is 0.930. The van der Waals surface area contributed by atoms with E-state index in [-0.39, 0.29) is 17.4 Å². The van der Waals surface area contributed by atoms with Crippen LogP contribution in [0.5, 0.6) is 0 Å². The number of nitrogens with zero attached hydrogens (tertiary/aromatic N) is 1. The van der Waals surface area contributed by atoms with Crippen LogP contribution < -0.4 is 5.32 Å². The zero-order chi connectivity index (χ0) is 14.8. The van der Waals surface area contributed by atoms with E-state index in [0.717, 1.165) is 15.6 Å². The summed E-state index contributed by atoms with van der Waals surface area (Å²) >= 11 is 3.22. The maximum absolute atomic E-state index is 12.0. The maximum atomic E-state index is 12.0. The lowest BCUT2D eigenvalue weighted by Gasteiger charge is -2.15. The van der Waals surface area contributed by atoms with Crippen LogP contribution in [0.1, 0.15) is 49.3 Å². The van der Waals surface area contributed by atoms with E-state index >= 15 is 0 Å². The minimum atomic E-state index is -0.0384. The summed E-state index contributed by atoms with van der Waals surface area (Å²) in [6.45, 7) is 8.42. The smallest absolute Gasteiger partial charge is 0.225 e. The summed E-state index contributed by atoms with van der Waals surface area (Å²) in [6.07, 6.45) is 0.444. The molecule has 1 unspecified atom stereocenters. The second kappa shape index (κ2) is 6.06. The van der Waals surface area contributed by atoms with Crippen molar-refractivity contribution < 1.29 is 4.79 Å². The number of rotatable bonds is 4. The summed E-state index contributed by atoms with van der Waals surface area (Å²) in [5.74, 6) is 0.0486. The Morgan fingerprint density at radius 3 is 2.70 bits per heavy atom. The van der Waals surface area contributed by atoms with Crippen molar-refractivity contribution in [2.45, 2.75) is 45.6 Å². The van der Waals surface area contributed by atoms with Crippen LogP contribution in [-0.4, -0.2) is 10.9 Å². The van der Waals surface area contributed by atoms with E-state index in [1.54, 1.807) is 22.7 Å². The minimum Gasteiger partial charge on any atom is -0.347 e. The summed E-state index contributed by atoms with van der Waals surface area (Å²) in [4.78, 5) is 17.7. The van der Waals surface area contributed by atoms with Crippen LogP contribution in [-0.2, 0) is 16.6 Å². The van der Waals surface area contributed by atoms with Crippen molar-refractivity contribution in [1.82, 2.24) is 10.3 Å². The van der Waals surface area contributed by atoms with Gasteiger partial charge < -0.3 is 5.32 Å². The first-order valence-electron chi connectivity index (χ1n) is 6.64. The van der Waals surface area contributed by atoms with Crippen molar-refractivity contribution in [3.8, 4) is 0 Å². The molecule has 0 saturated carbocycles. The average molecular weight is 308 g/mol. The molecule has 2 aromatic rings. The predicted octanol–water partition coefficient (Wildman–Crippen LogP) is 3.92. The van der Waals surface area contributed by atoms with Crippen molar-refractivity contribution in [1.29, 1.82) is 0 Å². The number of hydrogen-bond donors (Lipinski definition) is 1. The standard InChI is InChI=1S/C15H20N2OS2/c1-10(14-17-12(9-20-14)15(2,3)4)16-13(18)8-11-6-5-7-19-11/h5-7,9-10H,8H2,1-4H3,(H,16,18). The molecule has 2 rings (SSSR count). The van der Waals surface area contributed by atoms with Crippen molar-refractivity contribution in [3.05, 3.63) is 38.5 Å². The molecule has 2 aromatic heterocycles. The van der Waals surface area contributed by atoms with Gasteiger partial charge in [-0.2, -0.15) is 0 Å². The van der Waals surface area contributed by atoms with Gasteiger partial charge in [0, 0.05) is 15.7 Å². The van der Waals surface area contributed by atoms with Crippen molar-refractivity contribution >= 4 is 28.6 Å². The molecule has 5 heteroatoms. The molecule has 0 saturated heterocycles. The minimum absolute atomic E-state index is 0.0384. The third-order valence-electron chi connectivity index (χ3n) is 2.95. The molecule has 0 fully saturated rings. The van der Waals surface area contributed by atoms with Crippen LogP contribution in [0.3, 0.4) is 0 Å². The van der Waals surface area contributed by atoms with Crippen LogP contribution in [0.2, 0.25) is 0 Å². The zero-order valence-corrected chi connectivity index (χ0v) is 13.9. The fourth-order valence-electron chi connectivity index (χ4n) is 1.76. The second-order valence-corrected chi connectivity index (χ2v) is 7.79. The van der Waals surface area contributed by atoms with Gasteiger partial charge in [0.1, 0.15) is 5.01 Å². The van der Waals surface area contributed by atoms with Gasteiger partial charge in [-0.15, -0.1) is 22.7 Å². The molecule has 0 spiro atoms. The number of thiophene rings is 1. The Kier molecular flexibility index (Phi) is 4.60.